The Hall–Kier alpha value is -1.63. The molecule has 0 saturated heterocycles. The Morgan fingerprint density at radius 2 is 2.05 bits per heavy atom. The van der Waals surface area contributed by atoms with E-state index in [0.29, 0.717) is 26.4 Å². The van der Waals surface area contributed by atoms with Crippen LogP contribution in [0.5, 0.6) is 0 Å². The van der Waals surface area contributed by atoms with Crippen LogP contribution in [0.4, 0.5) is 5.69 Å². The number of carbonyl (C=O) groups is 1. The number of rotatable bonds is 2. The molecule has 0 fully saturated rings. The molecule has 1 amide bonds. The van der Waals surface area contributed by atoms with E-state index in [1.54, 1.807) is 10.7 Å². The Bertz CT molecular complexity index is 900. The second kappa shape index (κ2) is 5.53. The summed E-state index contributed by atoms with van der Waals surface area (Å²) in [6.07, 6.45) is 0. The highest BCUT2D eigenvalue weighted by atomic mass is 35.5. The highest BCUT2D eigenvalue weighted by Gasteiger charge is 2.17. The number of nitrogens with one attached hydrogen (secondary N) is 1. The molecule has 0 atom stereocenters. The predicted molar refractivity (Wildman–Crippen MR) is 90.5 cm³/mol. The molecule has 22 heavy (non-hydrogen) atoms. The van der Waals surface area contributed by atoms with Gasteiger partial charge in [0.15, 0.2) is 0 Å². The van der Waals surface area contributed by atoms with Crippen LogP contribution in [0.3, 0.4) is 0 Å². The van der Waals surface area contributed by atoms with E-state index >= 15 is 0 Å². The third-order valence-corrected chi connectivity index (χ3v) is 4.89. The highest BCUT2D eigenvalue weighted by Crippen LogP contribution is 2.40. The van der Waals surface area contributed by atoms with Gasteiger partial charge in [-0.25, -0.2) is 9.67 Å². The number of nitrogens with zero attached hydrogens (tertiary/aromatic N) is 3. The van der Waals surface area contributed by atoms with Crippen molar-refractivity contribution in [1.29, 1.82) is 0 Å². The molecule has 2 aromatic heterocycles. The van der Waals surface area contributed by atoms with Gasteiger partial charge in [-0.2, -0.15) is 5.10 Å². The number of hydrogen-bond acceptors (Lipinski definition) is 4. The van der Waals surface area contributed by atoms with Gasteiger partial charge in [0, 0.05) is 12.6 Å². The molecule has 3 aromatic rings. The zero-order chi connectivity index (χ0) is 16.0. The summed E-state index contributed by atoms with van der Waals surface area (Å²) >= 11 is 14.0. The minimum Gasteiger partial charge on any atom is -0.325 e. The lowest BCUT2D eigenvalue weighted by atomic mass is 10.3. The van der Waals surface area contributed by atoms with Gasteiger partial charge in [-0.15, -0.1) is 0 Å². The Morgan fingerprint density at radius 3 is 2.64 bits per heavy atom. The monoisotopic (exact) mass is 354 g/mol. The minimum atomic E-state index is -0.208. The van der Waals surface area contributed by atoms with Crippen molar-refractivity contribution in [3.63, 3.8) is 0 Å². The van der Waals surface area contributed by atoms with Crippen molar-refractivity contribution in [2.45, 2.75) is 20.8 Å². The van der Waals surface area contributed by atoms with E-state index in [4.69, 9.17) is 23.2 Å². The first-order chi connectivity index (χ1) is 10.4. The van der Waals surface area contributed by atoms with E-state index in [1.807, 2.05) is 19.9 Å². The first kappa shape index (κ1) is 15.3. The summed E-state index contributed by atoms with van der Waals surface area (Å²) in [5.41, 5.74) is 2.97. The molecule has 5 nitrogen and oxygen atoms in total. The number of benzene rings is 1. The lowest BCUT2D eigenvalue weighted by molar-refractivity contribution is -0.114. The van der Waals surface area contributed by atoms with E-state index in [9.17, 15) is 4.79 Å². The first-order valence-corrected chi connectivity index (χ1v) is 8.04. The van der Waals surface area contributed by atoms with Gasteiger partial charge in [0.05, 0.1) is 26.1 Å². The number of amides is 1. The maximum absolute atomic E-state index is 11.2. The summed E-state index contributed by atoms with van der Waals surface area (Å²) in [6, 6.07) is 3.58. The fourth-order valence-corrected chi connectivity index (χ4v) is 3.85. The lowest BCUT2D eigenvalue weighted by Crippen LogP contribution is -2.06. The summed E-state index contributed by atoms with van der Waals surface area (Å²) in [5, 5.41) is 8.64. The molecular formula is C14H12Cl2N4OS. The Kier molecular flexibility index (Phi) is 3.84. The van der Waals surface area contributed by atoms with Gasteiger partial charge in [-0.3, -0.25) is 4.79 Å². The maximum Gasteiger partial charge on any atom is 0.221 e. The van der Waals surface area contributed by atoms with Crippen molar-refractivity contribution in [2.24, 2.45) is 0 Å². The molecule has 0 aliphatic rings. The zero-order valence-electron chi connectivity index (χ0n) is 12.1. The molecule has 114 valence electrons. The first-order valence-electron chi connectivity index (χ1n) is 6.46. The molecule has 0 spiro atoms. The molecule has 1 aromatic carbocycles. The number of hydrogen-bond donors (Lipinski definition) is 1. The van der Waals surface area contributed by atoms with Crippen molar-refractivity contribution >= 4 is 56.3 Å². The fourth-order valence-electron chi connectivity index (χ4n) is 2.19. The van der Waals surface area contributed by atoms with Gasteiger partial charge in [0.25, 0.3) is 0 Å². The number of fused-ring (bicyclic) bond motifs is 1. The molecule has 0 saturated carbocycles. The number of thiazole rings is 1. The molecular weight excluding hydrogens is 343 g/mol. The van der Waals surface area contributed by atoms with Crippen LogP contribution in [0.1, 0.15) is 18.3 Å². The van der Waals surface area contributed by atoms with E-state index < -0.39 is 0 Å². The number of aryl methyl sites for hydroxylation is 2. The normalized spacial score (nSPS) is 11.1. The molecule has 1 N–H and O–H groups in total. The van der Waals surface area contributed by atoms with Gasteiger partial charge in [-0.05, 0) is 26.0 Å². The van der Waals surface area contributed by atoms with Crippen LogP contribution in [0.15, 0.2) is 12.1 Å². The second-order valence-corrected chi connectivity index (χ2v) is 6.68. The molecule has 0 bridgehead atoms. The van der Waals surface area contributed by atoms with E-state index in [0.717, 1.165) is 16.1 Å². The van der Waals surface area contributed by atoms with Gasteiger partial charge in [0.2, 0.25) is 11.0 Å². The topological polar surface area (TPSA) is 59.8 Å². The molecule has 3 rings (SSSR count). The standard InChI is InChI=1S/C14H12Cl2N4OS/c1-6-4-7(2)20(19-6)14-18-12-9(15)5-10(17-8(3)21)11(16)13(12)22-14/h4-5H,1-3H3,(H,17,21). The van der Waals surface area contributed by atoms with Crippen molar-refractivity contribution < 1.29 is 4.79 Å². The second-order valence-electron chi connectivity index (χ2n) is 4.91. The smallest absolute Gasteiger partial charge is 0.221 e. The number of aromatic nitrogens is 3. The predicted octanol–water partition coefficient (Wildman–Crippen LogP) is 4.36. The molecule has 0 radical (unpaired) electrons. The van der Waals surface area contributed by atoms with Gasteiger partial charge in [-0.1, -0.05) is 34.5 Å². The van der Waals surface area contributed by atoms with Crippen LogP contribution in [-0.2, 0) is 4.79 Å². The summed E-state index contributed by atoms with van der Waals surface area (Å²) in [4.78, 5) is 15.8. The van der Waals surface area contributed by atoms with E-state index in [2.05, 4.69) is 15.4 Å². The van der Waals surface area contributed by atoms with Crippen LogP contribution < -0.4 is 5.32 Å². The average Bonchev–Trinajstić information content (AvgIpc) is 2.99. The van der Waals surface area contributed by atoms with Crippen LogP contribution in [-0.4, -0.2) is 20.7 Å². The molecule has 0 unspecified atom stereocenters. The van der Waals surface area contributed by atoms with Crippen molar-refractivity contribution in [3.05, 3.63) is 33.6 Å². The summed E-state index contributed by atoms with van der Waals surface area (Å²) in [6.45, 7) is 5.30. The lowest BCUT2D eigenvalue weighted by Gasteiger charge is -2.06. The summed E-state index contributed by atoms with van der Waals surface area (Å²) in [5.74, 6) is -0.208. The number of anilines is 1. The van der Waals surface area contributed by atoms with Crippen LogP contribution in [0.2, 0.25) is 10.0 Å². The third-order valence-electron chi connectivity index (χ3n) is 3.05. The molecule has 8 heteroatoms. The third kappa shape index (κ3) is 2.58. The van der Waals surface area contributed by atoms with Crippen LogP contribution in [0.25, 0.3) is 15.3 Å². The van der Waals surface area contributed by atoms with Crippen LogP contribution in [0, 0.1) is 13.8 Å². The summed E-state index contributed by atoms with van der Waals surface area (Å²) < 4.78 is 2.48. The Morgan fingerprint density at radius 1 is 1.32 bits per heavy atom. The fraction of sp³-hybridized carbons (Fsp3) is 0.214. The molecule has 0 aliphatic carbocycles. The largest absolute Gasteiger partial charge is 0.325 e. The minimum absolute atomic E-state index is 0.208. The zero-order valence-corrected chi connectivity index (χ0v) is 14.4. The SMILES string of the molecule is CC(=O)Nc1cc(Cl)c2nc(-n3nc(C)cc3C)sc2c1Cl. The van der Waals surface area contributed by atoms with E-state index in [-0.39, 0.29) is 5.91 Å². The van der Waals surface area contributed by atoms with Gasteiger partial charge >= 0.3 is 0 Å². The number of carbonyl (C=O) groups excluding carboxylic acids is 1. The Balaban J connectivity index is 2.21. The molecule has 2 heterocycles. The maximum atomic E-state index is 11.2. The number of halogens is 2. The highest BCUT2D eigenvalue weighted by molar-refractivity contribution is 7.21. The van der Waals surface area contributed by atoms with E-state index in [1.165, 1.54) is 18.3 Å². The van der Waals surface area contributed by atoms with Crippen LogP contribution >= 0.6 is 34.5 Å². The van der Waals surface area contributed by atoms with Gasteiger partial charge in [0.1, 0.15) is 5.52 Å². The van der Waals surface area contributed by atoms with Gasteiger partial charge < -0.3 is 5.32 Å². The summed E-state index contributed by atoms with van der Waals surface area (Å²) in [7, 11) is 0. The quantitative estimate of drug-likeness (QED) is 0.743. The van der Waals surface area contributed by atoms with Crippen molar-refractivity contribution in [3.8, 4) is 5.13 Å². The van der Waals surface area contributed by atoms with Crippen molar-refractivity contribution in [2.75, 3.05) is 5.32 Å². The Labute approximate surface area is 140 Å². The average molecular weight is 355 g/mol. The molecule has 0 aliphatic heterocycles. The van der Waals surface area contributed by atoms with Crippen molar-refractivity contribution in [1.82, 2.24) is 14.8 Å².